The highest BCUT2D eigenvalue weighted by atomic mass is 32.2. The lowest BCUT2D eigenvalue weighted by Gasteiger charge is -2.11. The zero-order valence-corrected chi connectivity index (χ0v) is 14.2. The molecule has 0 aliphatic rings. The molecule has 3 aromatic rings. The average Bonchev–Trinajstić information content (AvgIpc) is 2.55. The zero-order chi connectivity index (χ0) is 15.5. The fourth-order valence-electron chi connectivity index (χ4n) is 2.64. The van der Waals surface area contributed by atoms with Gasteiger partial charge in [0.15, 0.2) is 14.7 Å². The van der Waals surface area contributed by atoms with Crippen LogP contribution in [-0.2, 0) is 10.9 Å². The molecule has 0 fully saturated rings. The Labute approximate surface area is 136 Å². The van der Waals surface area contributed by atoms with Gasteiger partial charge in [-0.3, -0.25) is 0 Å². The largest absolute Gasteiger partial charge is 0.167 e. The molecular weight excluding hydrogens is 284 g/mol. The summed E-state index contributed by atoms with van der Waals surface area (Å²) >= 11 is 0. The Kier molecular flexibility index (Phi) is 4.35. The van der Waals surface area contributed by atoms with Crippen LogP contribution in [0.15, 0.2) is 87.5 Å². The first-order valence-corrected chi connectivity index (χ1v) is 8.81. The summed E-state index contributed by atoms with van der Waals surface area (Å²) in [6, 6.07) is 26.3. The molecule has 0 heterocycles. The molecule has 0 aliphatic heterocycles. The molecule has 0 N–H and O–H groups in total. The van der Waals surface area contributed by atoms with Crippen molar-refractivity contribution >= 4 is 10.9 Å². The van der Waals surface area contributed by atoms with Gasteiger partial charge in [0.25, 0.3) is 0 Å². The standard InChI is InChI=1S/C21H21S/c1-16-14-21(15-17(2)18(16)3)22(19-10-6-4-7-11-19)20-12-8-5-9-13-20/h4-15H,1-3H3/q+1. The Morgan fingerprint density at radius 3 is 1.36 bits per heavy atom. The summed E-state index contributed by atoms with van der Waals surface area (Å²) in [6.45, 7) is 6.63. The van der Waals surface area contributed by atoms with Crippen molar-refractivity contribution in [3.8, 4) is 0 Å². The van der Waals surface area contributed by atoms with Crippen LogP contribution < -0.4 is 0 Å². The Morgan fingerprint density at radius 1 is 0.545 bits per heavy atom. The smallest absolute Gasteiger partial charge is 0.0619 e. The molecule has 0 radical (unpaired) electrons. The Hall–Kier alpha value is -1.99. The fraction of sp³-hybridized carbons (Fsp3) is 0.143. The van der Waals surface area contributed by atoms with Crippen molar-refractivity contribution in [1.29, 1.82) is 0 Å². The molecule has 0 amide bonds. The molecule has 0 saturated heterocycles. The molecule has 0 nitrogen and oxygen atoms in total. The average molecular weight is 305 g/mol. The van der Waals surface area contributed by atoms with Crippen LogP contribution in [0.3, 0.4) is 0 Å². The van der Waals surface area contributed by atoms with Crippen molar-refractivity contribution in [2.24, 2.45) is 0 Å². The van der Waals surface area contributed by atoms with Crippen LogP contribution in [0.4, 0.5) is 0 Å². The van der Waals surface area contributed by atoms with E-state index in [-0.39, 0.29) is 10.9 Å². The van der Waals surface area contributed by atoms with Crippen molar-refractivity contribution in [3.63, 3.8) is 0 Å². The SMILES string of the molecule is Cc1cc([S+](c2ccccc2)c2ccccc2)cc(C)c1C. The monoisotopic (exact) mass is 305 g/mol. The van der Waals surface area contributed by atoms with Gasteiger partial charge in [-0.1, -0.05) is 36.4 Å². The van der Waals surface area contributed by atoms with E-state index in [1.54, 1.807) is 0 Å². The van der Waals surface area contributed by atoms with Crippen LogP contribution in [0.1, 0.15) is 16.7 Å². The molecule has 0 spiro atoms. The quantitative estimate of drug-likeness (QED) is 0.544. The van der Waals surface area contributed by atoms with Crippen LogP contribution >= 0.6 is 0 Å². The maximum Gasteiger partial charge on any atom is 0.167 e. The van der Waals surface area contributed by atoms with Gasteiger partial charge in [0, 0.05) is 0 Å². The Morgan fingerprint density at radius 2 is 0.955 bits per heavy atom. The lowest BCUT2D eigenvalue weighted by molar-refractivity contribution is 1.20. The van der Waals surface area contributed by atoms with Crippen molar-refractivity contribution in [2.75, 3.05) is 0 Å². The Balaban J connectivity index is 2.19. The molecule has 0 unspecified atom stereocenters. The first-order chi connectivity index (χ1) is 10.7. The second-order valence-electron chi connectivity index (χ2n) is 5.61. The van der Waals surface area contributed by atoms with Crippen molar-refractivity contribution in [3.05, 3.63) is 89.5 Å². The van der Waals surface area contributed by atoms with E-state index in [1.165, 1.54) is 31.4 Å². The van der Waals surface area contributed by atoms with Crippen molar-refractivity contribution < 1.29 is 0 Å². The third kappa shape index (κ3) is 2.95. The molecule has 1 heteroatoms. The number of aryl methyl sites for hydroxylation is 2. The summed E-state index contributed by atoms with van der Waals surface area (Å²) in [4.78, 5) is 4.14. The minimum atomic E-state index is -0.0435. The van der Waals surface area contributed by atoms with Gasteiger partial charge in [-0.05, 0) is 73.9 Å². The molecule has 0 bridgehead atoms. The highest BCUT2D eigenvalue weighted by Gasteiger charge is 2.28. The molecule has 3 rings (SSSR count). The predicted molar refractivity (Wildman–Crippen MR) is 95.7 cm³/mol. The third-order valence-electron chi connectivity index (χ3n) is 4.09. The Bertz CT molecular complexity index is 698. The second-order valence-corrected chi connectivity index (χ2v) is 7.64. The molecule has 110 valence electrons. The number of hydrogen-bond acceptors (Lipinski definition) is 0. The molecular formula is C21H21S+. The second kappa shape index (κ2) is 6.41. The van der Waals surface area contributed by atoms with E-state index in [2.05, 4.69) is 93.6 Å². The van der Waals surface area contributed by atoms with Gasteiger partial charge in [-0.15, -0.1) is 0 Å². The van der Waals surface area contributed by atoms with Crippen LogP contribution in [0.2, 0.25) is 0 Å². The van der Waals surface area contributed by atoms with E-state index in [0.29, 0.717) is 0 Å². The molecule has 3 aromatic carbocycles. The van der Waals surface area contributed by atoms with Crippen LogP contribution in [0.5, 0.6) is 0 Å². The van der Waals surface area contributed by atoms with Crippen LogP contribution in [0, 0.1) is 20.8 Å². The first-order valence-electron chi connectivity index (χ1n) is 7.59. The molecule has 0 aromatic heterocycles. The van der Waals surface area contributed by atoms with E-state index in [9.17, 15) is 0 Å². The van der Waals surface area contributed by atoms with E-state index in [0.717, 1.165) is 0 Å². The normalized spacial score (nSPS) is 10.9. The highest BCUT2D eigenvalue weighted by Crippen LogP contribution is 2.32. The van der Waals surface area contributed by atoms with E-state index in [4.69, 9.17) is 0 Å². The zero-order valence-electron chi connectivity index (χ0n) is 13.3. The summed E-state index contributed by atoms with van der Waals surface area (Å²) in [6.07, 6.45) is 0. The fourth-order valence-corrected chi connectivity index (χ4v) is 4.90. The number of hydrogen-bond donors (Lipinski definition) is 0. The molecule has 0 atom stereocenters. The number of benzene rings is 3. The predicted octanol–water partition coefficient (Wildman–Crippen LogP) is 5.71. The minimum Gasteiger partial charge on any atom is -0.0619 e. The van der Waals surface area contributed by atoms with Gasteiger partial charge >= 0.3 is 0 Å². The summed E-state index contributed by atoms with van der Waals surface area (Å²) in [5, 5.41) is 0. The van der Waals surface area contributed by atoms with Crippen LogP contribution in [-0.4, -0.2) is 0 Å². The van der Waals surface area contributed by atoms with Gasteiger partial charge in [-0.2, -0.15) is 0 Å². The summed E-state index contributed by atoms with van der Waals surface area (Å²) in [5.41, 5.74) is 4.15. The molecule has 0 saturated carbocycles. The lowest BCUT2D eigenvalue weighted by Crippen LogP contribution is -2.06. The van der Waals surface area contributed by atoms with Gasteiger partial charge in [0.1, 0.15) is 0 Å². The summed E-state index contributed by atoms with van der Waals surface area (Å²) < 4.78 is 0. The van der Waals surface area contributed by atoms with Gasteiger partial charge in [-0.25, -0.2) is 0 Å². The molecule has 0 aliphatic carbocycles. The van der Waals surface area contributed by atoms with E-state index < -0.39 is 0 Å². The van der Waals surface area contributed by atoms with Gasteiger partial charge in [0.05, 0.1) is 10.9 Å². The maximum atomic E-state index is 2.35. The summed E-state index contributed by atoms with van der Waals surface area (Å²) in [7, 11) is -0.0435. The van der Waals surface area contributed by atoms with Crippen LogP contribution in [0.25, 0.3) is 0 Å². The van der Waals surface area contributed by atoms with E-state index in [1.807, 2.05) is 0 Å². The highest BCUT2D eigenvalue weighted by molar-refractivity contribution is 7.97. The molecule has 22 heavy (non-hydrogen) atoms. The third-order valence-corrected chi connectivity index (χ3v) is 6.29. The van der Waals surface area contributed by atoms with E-state index >= 15 is 0 Å². The van der Waals surface area contributed by atoms with Crippen molar-refractivity contribution in [2.45, 2.75) is 35.5 Å². The topological polar surface area (TPSA) is 0 Å². The van der Waals surface area contributed by atoms with Gasteiger partial charge < -0.3 is 0 Å². The van der Waals surface area contributed by atoms with Crippen molar-refractivity contribution in [1.82, 2.24) is 0 Å². The maximum absolute atomic E-state index is 2.35. The minimum absolute atomic E-state index is 0.0435. The van der Waals surface area contributed by atoms with Gasteiger partial charge in [0.2, 0.25) is 0 Å². The lowest BCUT2D eigenvalue weighted by atomic mass is 10.1. The number of rotatable bonds is 3. The first kappa shape index (κ1) is 14.9. The summed E-state index contributed by atoms with van der Waals surface area (Å²) in [5.74, 6) is 0.